The van der Waals surface area contributed by atoms with E-state index in [4.69, 9.17) is 26.1 Å². The van der Waals surface area contributed by atoms with Crippen LogP contribution in [0.3, 0.4) is 0 Å². The standard InChI is InChI=1S/C20H27N3O6S2/c1-2-28-19(24)16-5-3-4-8-21(16)14-23-17-13-15(6-7-18(17)29-20(23)30)31(25,26)22-9-11-27-12-10-22/h6-7,13,16H,2-5,8-12,14H2,1H3/t16-/m0/s1. The van der Waals surface area contributed by atoms with Crippen LogP contribution in [0.1, 0.15) is 26.2 Å². The Kier molecular flexibility index (Phi) is 6.77. The van der Waals surface area contributed by atoms with Gasteiger partial charge >= 0.3 is 5.97 Å². The first-order valence-electron chi connectivity index (χ1n) is 10.5. The van der Waals surface area contributed by atoms with Crippen LogP contribution in [0.2, 0.25) is 0 Å². The lowest BCUT2D eigenvalue weighted by atomic mass is 10.0. The molecule has 0 spiro atoms. The Hall–Kier alpha value is -1.79. The number of hydrogen-bond acceptors (Lipinski definition) is 8. The number of carbonyl (C=O) groups excluding carboxylic acids is 1. The fraction of sp³-hybridized carbons (Fsp3) is 0.600. The van der Waals surface area contributed by atoms with E-state index < -0.39 is 10.0 Å². The highest BCUT2D eigenvalue weighted by molar-refractivity contribution is 7.89. The van der Waals surface area contributed by atoms with Gasteiger partial charge in [-0.25, -0.2) is 8.42 Å². The summed E-state index contributed by atoms with van der Waals surface area (Å²) in [7, 11) is -3.65. The number of rotatable bonds is 6. The summed E-state index contributed by atoms with van der Waals surface area (Å²) in [6.07, 6.45) is 2.65. The van der Waals surface area contributed by atoms with Crippen molar-refractivity contribution in [3.05, 3.63) is 23.0 Å². The van der Waals surface area contributed by atoms with E-state index in [1.54, 1.807) is 23.6 Å². The number of piperidine rings is 1. The zero-order chi connectivity index (χ0) is 22.0. The molecule has 0 radical (unpaired) electrons. The van der Waals surface area contributed by atoms with Gasteiger partial charge in [0.05, 0.1) is 36.9 Å². The number of likely N-dealkylation sites (tertiary alicyclic amines) is 1. The van der Waals surface area contributed by atoms with Crippen LogP contribution in [0.5, 0.6) is 0 Å². The molecule has 2 saturated heterocycles. The molecule has 0 N–H and O–H groups in total. The number of oxazole rings is 1. The molecule has 0 saturated carbocycles. The summed E-state index contributed by atoms with van der Waals surface area (Å²) < 4.78 is 45.6. The van der Waals surface area contributed by atoms with Gasteiger partial charge in [-0.3, -0.25) is 14.3 Å². The Morgan fingerprint density at radius 1 is 1.23 bits per heavy atom. The van der Waals surface area contributed by atoms with Crippen molar-refractivity contribution in [2.45, 2.75) is 43.8 Å². The molecule has 4 rings (SSSR count). The Morgan fingerprint density at radius 2 is 2.00 bits per heavy atom. The van der Waals surface area contributed by atoms with Crippen molar-refractivity contribution in [2.75, 3.05) is 39.5 Å². The quantitative estimate of drug-likeness (QED) is 0.470. The van der Waals surface area contributed by atoms with Gasteiger partial charge in [-0.1, -0.05) is 6.42 Å². The van der Waals surface area contributed by atoms with E-state index in [-0.39, 0.29) is 21.7 Å². The van der Waals surface area contributed by atoms with Crippen molar-refractivity contribution in [3.8, 4) is 0 Å². The van der Waals surface area contributed by atoms with Crippen LogP contribution in [0.25, 0.3) is 11.1 Å². The molecular formula is C20H27N3O6S2. The molecule has 11 heteroatoms. The zero-order valence-electron chi connectivity index (χ0n) is 17.5. The number of sulfonamides is 1. The highest BCUT2D eigenvalue weighted by Gasteiger charge is 2.31. The molecule has 1 aromatic carbocycles. The van der Waals surface area contributed by atoms with Crippen LogP contribution in [-0.2, 0) is 31.0 Å². The van der Waals surface area contributed by atoms with Crippen molar-refractivity contribution < 1.29 is 27.1 Å². The average molecular weight is 470 g/mol. The van der Waals surface area contributed by atoms with Gasteiger partial charge in [-0.05, 0) is 50.2 Å². The molecule has 3 heterocycles. The minimum atomic E-state index is -3.65. The molecule has 2 fully saturated rings. The molecule has 1 aromatic heterocycles. The van der Waals surface area contributed by atoms with E-state index in [0.717, 1.165) is 25.8 Å². The molecule has 2 aromatic rings. The first-order chi connectivity index (χ1) is 14.9. The largest absolute Gasteiger partial charge is 0.465 e. The maximum Gasteiger partial charge on any atom is 0.323 e. The predicted octanol–water partition coefficient (Wildman–Crippen LogP) is 2.36. The van der Waals surface area contributed by atoms with Gasteiger partial charge < -0.3 is 13.9 Å². The number of benzene rings is 1. The number of esters is 1. The molecule has 170 valence electrons. The van der Waals surface area contributed by atoms with Gasteiger partial charge in [0, 0.05) is 19.6 Å². The monoisotopic (exact) mass is 469 g/mol. The number of fused-ring (bicyclic) bond motifs is 1. The first-order valence-corrected chi connectivity index (χ1v) is 12.4. The van der Waals surface area contributed by atoms with Gasteiger partial charge in [-0.2, -0.15) is 4.31 Å². The Bertz CT molecular complexity index is 1100. The minimum absolute atomic E-state index is 0.187. The van der Waals surface area contributed by atoms with Crippen LogP contribution in [0, 0.1) is 4.84 Å². The highest BCUT2D eigenvalue weighted by Crippen LogP contribution is 2.26. The Balaban J connectivity index is 1.66. The zero-order valence-corrected chi connectivity index (χ0v) is 19.1. The van der Waals surface area contributed by atoms with Crippen molar-refractivity contribution in [2.24, 2.45) is 0 Å². The summed E-state index contributed by atoms with van der Waals surface area (Å²) in [4.78, 5) is 14.9. The summed E-state index contributed by atoms with van der Waals surface area (Å²) in [5, 5.41) is 0. The molecular weight excluding hydrogens is 442 g/mol. The van der Waals surface area contributed by atoms with Crippen molar-refractivity contribution >= 4 is 39.3 Å². The number of carbonyl (C=O) groups is 1. The number of ether oxygens (including phenoxy) is 2. The highest BCUT2D eigenvalue weighted by atomic mass is 32.2. The molecule has 0 amide bonds. The van der Waals surface area contributed by atoms with Gasteiger partial charge in [0.2, 0.25) is 10.0 Å². The van der Waals surface area contributed by atoms with Crippen LogP contribution in [0.4, 0.5) is 0 Å². The van der Waals surface area contributed by atoms with Gasteiger partial charge in [-0.15, -0.1) is 0 Å². The molecule has 9 nitrogen and oxygen atoms in total. The number of hydrogen-bond donors (Lipinski definition) is 0. The fourth-order valence-corrected chi connectivity index (χ4v) is 5.79. The molecule has 2 aliphatic rings. The molecule has 2 aliphatic heterocycles. The maximum absolute atomic E-state index is 13.1. The summed E-state index contributed by atoms with van der Waals surface area (Å²) in [6.45, 7) is 4.60. The summed E-state index contributed by atoms with van der Waals surface area (Å²) in [5.41, 5.74) is 1.10. The summed E-state index contributed by atoms with van der Waals surface area (Å²) >= 11 is 5.42. The van der Waals surface area contributed by atoms with Gasteiger partial charge in [0.25, 0.3) is 4.84 Å². The van der Waals surface area contributed by atoms with Crippen LogP contribution in [0.15, 0.2) is 27.5 Å². The third kappa shape index (κ3) is 4.56. The SMILES string of the molecule is CCOC(=O)[C@@H]1CCCCN1Cn1c(=S)oc2ccc(S(=O)(=O)N3CCOCC3)cc21. The normalized spacial score (nSPS) is 21.4. The third-order valence-corrected chi connectivity index (χ3v) is 7.94. The third-order valence-electron chi connectivity index (χ3n) is 5.74. The van der Waals surface area contributed by atoms with Gasteiger partial charge in [0.1, 0.15) is 6.04 Å². The lowest BCUT2D eigenvalue weighted by molar-refractivity contribution is -0.151. The lowest BCUT2D eigenvalue weighted by Gasteiger charge is -2.33. The van der Waals surface area contributed by atoms with E-state index in [1.165, 1.54) is 10.4 Å². The second-order valence-electron chi connectivity index (χ2n) is 7.66. The number of aromatic nitrogens is 1. The Morgan fingerprint density at radius 3 is 2.74 bits per heavy atom. The first kappa shape index (κ1) is 22.4. The molecule has 31 heavy (non-hydrogen) atoms. The summed E-state index contributed by atoms with van der Waals surface area (Å²) in [5.74, 6) is -0.239. The van der Waals surface area contributed by atoms with E-state index in [9.17, 15) is 13.2 Å². The van der Waals surface area contributed by atoms with E-state index in [2.05, 4.69) is 0 Å². The minimum Gasteiger partial charge on any atom is -0.465 e. The van der Waals surface area contributed by atoms with Crippen molar-refractivity contribution in [3.63, 3.8) is 0 Å². The Labute approximate surface area is 186 Å². The average Bonchev–Trinajstić information content (AvgIpc) is 3.09. The van der Waals surface area contributed by atoms with E-state index >= 15 is 0 Å². The molecule has 0 bridgehead atoms. The second-order valence-corrected chi connectivity index (χ2v) is 9.95. The lowest BCUT2D eigenvalue weighted by Crippen LogP contribution is -2.46. The van der Waals surface area contributed by atoms with Crippen LogP contribution >= 0.6 is 12.2 Å². The number of nitrogens with zero attached hydrogens (tertiary/aromatic N) is 3. The second kappa shape index (κ2) is 9.37. The number of morpholine rings is 1. The van der Waals surface area contributed by atoms with Crippen LogP contribution in [-0.4, -0.2) is 73.7 Å². The molecule has 0 unspecified atom stereocenters. The molecule has 1 atom stereocenters. The fourth-order valence-electron chi connectivity index (χ4n) is 4.12. The van der Waals surface area contributed by atoms with Crippen LogP contribution < -0.4 is 0 Å². The van der Waals surface area contributed by atoms with Crippen molar-refractivity contribution in [1.29, 1.82) is 0 Å². The van der Waals surface area contributed by atoms with E-state index in [0.29, 0.717) is 50.7 Å². The van der Waals surface area contributed by atoms with E-state index in [1.807, 2.05) is 4.90 Å². The predicted molar refractivity (Wildman–Crippen MR) is 116 cm³/mol. The summed E-state index contributed by atoms with van der Waals surface area (Å²) in [6, 6.07) is 4.43. The van der Waals surface area contributed by atoms with Gasteiger partial charge in [0.15, 0.2) is 5.58 Å². The topological polar surface area (TPSA) is 94.2 Å². The van der Waals surface area contributed by atoms with Crippen molar-refractivity contribution in [1.82, 2.24) is 13.8 Å². The molecule has 0 aliphatic carbocycles. The maximum atomic E-state index is 13.1. The smallest absolute Gasteiger partial charge is 0.323 e.